The summed E-state index contributed by atoms with van der Waals surface area (Å²) in [6.45, 7) is 1.07. The number of anilines is 1. The molecule has 1 aromatic carbocycles. The number of fused-ring (bicyclic) bond motifs is 1. The molecule has 0 bridgehead atoms. The molecule has 4 rings (SSSR count). The van der Waals surface area contributed by atoms with Gasteiger partial charge in [-0.15, -0.1) is 0 Å². The van der Waals surface area contributed by atoms with Crippen LogP contribution < -0.4 is 9.64 Å². The Morgan fingerprint density at radius 3 is 2.69 bits per heavy atom. The zero-order chi connectivity index (χ0) is 18.1. The van der Waals surface area contributed by atoms with Gasteiger partial charge in [0.1, 0.15) is 5.54 Å². The van der Waals surface area contributed by atoms with Crippen molar-refractivity contribution in [2.24, 2.45) is 0 Å². The molecule has 0 amide bonds. The molecule has 0 spiro atoms. The predicted molar refractivity (Wildman–Crippen MR) is 95.4 cm³/mol. The summed E-state index contributed by atoms with van der Waals surface area (Å²) in [4.78, 5) is 27.2. The number of para-hydroxylation sites is 2. The minimum atomic E-state index is -1.02. The number of methoxy groups -OCH3 is 1. The summed E-state index contributed by atoms with van der Waals surface area (Å²) in [6.07, 6.45) is 4.15. The number of aromatic nitrogens is 4. The third-order valence-corrected chi connectivity index (χ3v) is 5.01. The van der Waals surface area contributed by atoms with Gasteiger partial charge in [-0.3, -0.25) is 0 Å². The molecule has 1 aliphatic rings. The normalized spacial score (nSPS) is 16.6. The number of imidazole rings is 1. The van der Waals surface area contributed by atoms with Crippen LogP contribution in [0, 0.1) is 0 Å². The zero-order valence-electron chi connectivity index (χ0n) is 14.4. The summed E-state index contributed by atoms with van der Waals surface area (Å²) in [7, 11) is 1.56. The maximum atomic E-state index is 12.2. The number of carboxylic acid groups (broad SMARTS) is 1. The van der Waals surface area contributed by atoms with Gasteiger partial charge in [0.15, 0.2) is 0 Å². The second-order valence-electron chi connectivity index (χ2n) is 6.33. The van der Waals surface area contributed by atoms with E-state index in [4.69, 9.17) is 4.74 Å². The molecule has 3 heterocycles. The van der Waals surface area contributed by atoms with E-state index < -0.39 is 11.5 Å². The smallest absolute Gasteiger partial charge is 0.330 e. The SMILES string of the molecule is COc1ccnc(N2CCC(C(=O)O)(n3cnc4ccccc43)CC2)n1. The Morgan fingerprint density at radius 2 is 1.96 bits per heavy atom. The molecule has 2 aromatic heterocycles. The van der Waals surface area contributed by atoms with E-state index in [1.54, 1.807) is 30.3 Å². The Morgan fingerprint density at radius 1 is 1.19 bits per heavy atom. The molecule has 1 saturated heterocycles. The first-order valence-corrected chi connectivity index (χ1v) is 8.42. The minimum absolute atomic E-state index is 0.434. The molecular formula is C18H19N5O3. The van der Waals surface area contributed by atoms with E-state index in [0.29, 0.717) is 37.8 Å². The van der Waals surface area contributed by atoms with Crippen LogP contribution in [0.5, 0.6) is 5.88 Å². The number of aliphatic carboxylic acids is 1. The van der Waals surface area contributed by atoms with Gasteiger partial charge >= 0.3 is 5.97 Å². The van der Waals surface area contributed by atoms with Crippen molar-refractivity contribution in [3.8, 4) is 5.88 Å². The molecule has 1 fully saturated rings. The number of rotatable bonds is 4. The molecule has 3 aromatic rings. The third kappa shape index (κ3) is 2.54. The molecule has 0 saturated carbocycles. The zero-order valence-corrected chi connectivity index (χ0v) is 14.4. The molecule has 8 nitrogen and oxygen atoms in total. The van der Waals surface area contributed by atoms with E-state index in [-0.39, 0.29) is 0 Å². The Bertz CT molecular complexity index is 947. The van der Waals surface area contributed by atoms with Gasteiger partial charge in [0.2, 0.25) is 11.8 Å². The summed E-state index contributed by atoms with van der Waals surface area (Å²) in [5.41, 5.74) is 0.610. The van der Waals surface area contributed by atoms with Crippen molar-refractivity contribution in [3.63, 3.8) is 0 Å². The fourth-order valence-electron chi connectivity index (χ4n) is 3.53. The van der Waals surface area contributed by atoms with Gasteiger partial charge in [0.25, 0.3) is 0 Å². The first-order valence-electron chi connectivity index (χ1n) is 8.42. The Kier molecular flexibility index (Phi) is 3.95. The summed E-state index contributed by atoms with van der Waals surface area (Å²) in [6, 6.07) is 9.28. The van der Waals surface area contributed by atoms with Gasteiger partial charge in [0.05, 0.1) is 24.5 Å². The maximum absolute atomic E-state index is 12.2. The topological polar surface area (TPSA) is 93.4 Å². The Balaban J connectivity index is 1.65. The molecule has 1 N–H and O–H groups in total. The lowest BCUT2D eigenvalue weighted by molar-refractivity contribution is -0.148. The first-order chi connectivity index (χ1) is 12.6. The molecule has 0 unspecified atom stereocenters. The number of ether oxygens (including phenoxy) is 1. The van der Waals surface area contributed by atoms with Gasteiger partial charge < -0.3 is 19.3 Å². The van der Waals surface area contributed by atoms with Gasteiger partial charge in [-0.05, 0) is 25.0 Å². The highest BCUT2D eigenvalue weighted by atomic mass is 16.5. The fourth-order valence-corrected chi connectivity index (χ4v) is 3.53. The molecule has 0 atom stereocenters. The van der Waals surface area contributed by atoms with Crippen molar-refractivity contribution in [2.75, 3.05) is 25.1 Å². The molecule has 26 heavy (non-hydrogen) atoms. The summed E-state index contributed by atoms with van der Waals surface area (Å²) >= 11 is 0. The van der Waals surface area contributed by atoms with Crippen molar-refractivity contribution >= 4 is 23.0 Å². The van der Waals surface area contributed by atoms with E-state index in [2.05, 4.69) is 15.0 Å². The van der Waals surface area contributed by atoms with E-state index in [1.165, 1.54) is 0 Å². The van der Waals surface area contributed by atoms with Gasteiger partial charge in [-0.25, -0.2) is 14.8 Å². The van der Waals surface area contributed by atoms with Crippen LogP contribution >= 0.6 is 0 Å². The minimum Gasteiger partial charge on any atom is -0.481 e. The van der Waals surface area contributed by atoms with E-state index in [0.717, 1.165) is 11.0 Å². The molecular weight excluding hydrogens is 334 g/mol. The summed E-state index contributed by atoms with van der Waals surface area (Å²) in [5.74, 6) is 0.205. The largest absolute Gasteiger partial charge is 0.481 e. The van der Waals surface area contributed by atoms with E-state index in [1.807, 2.05) is 29.2 Å². The molecule has 0 radical (unpaired) electrons. The molecule has 8 heteroatoms. The van der Waals surface area contributed by atoms with Crippen LogP contribution in [-0.4, -0.2) is 50.8 Å². The molecule has 1 aliphatic heterocycles. The van der Waals surface area contributed by atoms with Gasteiger partial charge in [0, 0.05) is 25.4 Å². The number of carboxylic acids is 1. The highest BCUT2D eigenvalue weighted by Gasteiger charge is 2.44. The third-order valence-electron chi connectivity index (χ3n) is 5.01. The number of hydrogen-bond acceptors (Lipinski definition) is 6. The van der Waals surface area contributed by atoms with Crippen molar-refractivity contribution in [3.05, 3.63) is 42.9 Å². The predicted octanol–water partition coefficient (Wildman–Crippen LogP) is 1.92. The first kappa shape index (κ1) is 16.3. The average Bonchev–Trinajstić information content (AvgIpc) is 3.12. The fraction of sp³-hybridized carbons (Fsp3) is 0.333. The quantitative estimate of drug-likeness (QED) is 0.766. The molecule has 0 aliphatic carbocycles. The van der Waals surface area contributed by atoms with Crippen LogP contribution in [0.3, 0.4) is 0 Å². The number of hydrogen-bond donors (Lipinski definition) is 1. The highest BCUT2D eigenvalue weighted by molar-refractivity contribution is 5.82. The lowest BCUT2D eigenvalue weighted by atomic mass is 9.87. The van der Waals surface area contributed by atoms with Crippen molar-refractivity contribution in [2.45, 2.75) is 18.4 Å². The highest BCUT2D eigenvalue weighted by Crippen LogP contribution is 2.34. The number of carbonyl (C=O) groups is 1. The lowest BCUT2D eigenvalue weighted by Gasteiger charge is -2.39. The maximum Gasteiger partial charge on any atom is 0.330 e. The average molecular weight is 353 g/mol. The van der Waals surface area contributed by atoms with Crippen LogP contribution in [0.15, 0.2) is 42.9 Å². The van der Waals surface area contributed by atoms with E-state index in [9.17, 15) is 9.90 Å². The molecule has 134 valence electrons. The second-order valence-corrected chi connectivity index (χ2v) is 6.33. The Hall–Kier alpha value is -3.16. The summed E-state index contributed by atoms with van der Waals surface area (Å²) < 4.78 is 6.95. The van der Waals surface area contributed by atoms with Crippen molar-refractivity contribution in [1.82, 2.24) is 19.5 Å². The standard InChI is InChI=1S/C18H19N5O3/c1-26-15-6-9-19-17(21-15)22-10-7-18(8-11-22,16(24)25)23-12-20-13-4-2-3-5-14(13)23/h2-6,9,12H,7-8,10-11H2,1H3,(H,24,25). The monoisotopic (exact) mass is 353 g/mol. The summed E-state index contributed by atoms with van der Waals surface area (Å²) in [5, 5.41) is 10.0. The van der Waals surface area contributed by atoms with Crippen molar-refractivity contribution < 1.29 is 14.6 Å². The lowest BCUT2D eigenvalue weighted by Crippen LogP contribution is -2.51. The van der Waals surface area contributed by atoms with Crippen molar-refractivity contribution in [1.29, 1.82) is 0 Å². The number of benzene rings is 1. The van der Waals surface area contributed by atoms with Crippen LogP contribution in [0.1, 0.15) is 12.8 Å². The van der Waals surface area contributed by atoms with Gasteiger partial charge in [-0.1, -0.05) is 12.1 Å². The second kappa shape index (κ2) is 6.29. The van der Waals surface area contributed by atoms with Crippen LogP contribution in [0.4, 0.5) is 5.95 Å². The number of nitrogens with zero attached hydrogens (tertiary/aromatic N) is 5. The Labute approximate surface area is 150 Å². The van der Waals surface area contributed by atoms with Crippen LogP contribution in [0.25, 0.3) is 11.0 Å². The van der Waals surface area contributed by atoms with Crippen LogP contribution in [0.2, 0.25) is 0 Å². The van der Waals surface area contributed by atoms with E-state index >= 15 is 0 Å². The van der Waals surface area contributed by atoms with Crippen LogP contribution in [-0.2, 0) is 10.3 Å². The van der Waals surface area contributed by atoms with Gasteiger partial charge in [-0.2, -0.15) is 4.98 Å². The number of piperidine rings is 1.